The number of hydrogen-bond acceptors (Lipinski definition) is 7. The highest BCUT2D eigenvalue weighted by Gasteiger charge is 2.19. The summed E-state index contributed by atoms with van der Waals surface area (Å²) in [6, 6.07) is 6.12. The molecule has 2 heterocycles. The summed E-state index contributed by atoms with van der Waals surface area (Å²) in [5, 5.41) is 22.7. The summed E-state index contributed by atoms with van der Waals surface area (Å²) >= 11 is 9.85. The Morgan fingerprint density at radius 2 is 2.16 bits per heavy atom. The van der Waals surface area contributed by atoms with E-state index in [2.05, 4.69) is 4.98 Å². The first-order valence-corrected chi connectivity index (χ1v) is 10.0. The number of rotatable bonds is 5. The molecule has 3 rings (SSSR count). The van der Waals surface area contributed by atoms with Crippen molar-refractivity contribution < 1.29 is 14.8 Å². The predicted molar refractivity (Wildman–Crippen MR) is 101 cm³/mol. The Labute approximate surface area is 159 Å². The molecule has 0 saturated heterocycles. The number of benzene rings is 1. The van der Waals surface area contributed by atoms with Gasteiger partial charge < -0.3 is 5.11 Å². The van der Waals surface area contributed by atoms with Gasteiger partial charge in [0.25, 0.3) is 5.69 Å². The monoisotopic (exact) mass is 412 g/mol. The van der Waals surface area contributed by atoms with Gasteiger partial charge in [0.05, 0.1) is 14.8 Å². The highest BCUT2D eigenvalue weighted by molar-refractivity contribution is 8.00. The van der Waals surface area contributed by atoms with Gasteiger partial charge in [-0.1, -0.05) is 17.7 Å². The molecular formula is C15H9ClN2O4S3. The quantitative estimate of drug-likeness (QED) is 0.337. The van der Waals surface area contributed by atoms with Gasteiger partial charge in [-0.15, -0.1) is 34.4 Å². The summed E-state index contributed by atoms with van der Waals surface area (Å²) < 4.78 is 0.861. The van der Waals surface area contributed by atoms with Crippen molar-refractivity contribution in [3.05, 3.63) is 49.7 Å². The largest absolute Gasteiger partial charge is 0.477 e. The lowest BCUT2D eigenvalue weighted by Gasteiger charge is -1.99. The van der Waals surface area contributed by atoms with E-state index in [4.69, 9.17) is 16.7 Å². The van der Waals surface area contributed by atoms with Crippen molar-refractivity contribution in [1.29, 1.82) is 0 Å². The topological polar surface area (TPSA) is 93.3 Å². The van der Waals surface area contributed by atoms with E-state index in [1.54, 1.807) is 17.5 Å². The number of carboxylic acid groups (broad SMARTS) is 1. The van der Waals surface area contributed by atoms with Crippen molar-refractivity contribution in [2.45, 2.75) is 4.21 Å². The van der Waals surface area contributed by atoms with Gasteiger partial charge in [-0.05, 0) is 18.4 Å². The minimum absolute atomic E-state index is 0.0674. The Morgan fingerprint density at radius 3 is 2.80 bits per heavy atom. The first kappa shape index (κ1) is 17.9. The van der Waals surface area contributed by atoms with E-state index in [1.807, 2.05) is 6.26 Å². The molecule has 0 aliphatic heterocycles. The van der Waals surface area contributed by atoms with Crippen molar-refractivity contribution in [3.63, 3.8) is 0 Å². The van der Waals surface area contributed by atoms with E-state index in [0.717, 1.165) is 9.77 Å². The normalized spacial score (nSPS) is 10.8. The number of halogens is 1. The molecule has 0 spiro atoms. The zero-order valence-electron chi connectivity index (χ0n) is 12.6. The lowest BCUT2D eigenvalue weighted by atomic mass is 10.1. The van der Waals surface area contributed by atoms with E-state index in [0.29, 0.717) is 16.3 Å². The first-order valence-electron chi connectivity index (χ1n) is 6.72. The molecule has 0 saturated carbocycles. The molecule has 25 heavy (non-hydrogen) atoms. The average molecular weight is 413 g/mol. The van der Waals surface area contributed by atoms with Crippen LogP contribution in [-0.4, -0.2) is 27.2 Å². The van der Waals surface area contributed by atoms with Crippen LogP contribution in [0.4, 0.5) is 5.69 Å². The Morgan fingerprint density at radius 1 is 1.40 bits per heavy atom. The Kier molecular flexibility index (Phi) is 5.09. The number of hydrogen-bond donors (Lipinski definition) is 1. The minimum atomic E-state index is -0.975. The fourth-order valence-corrected chi connectivity index (χ4v) is 5.00. The van der Waals surface area contributed by atoms with Crippen LogP contribution in [0.5, 0.6) is 0 Å². The molecule has 3 aromatic rings. The van der Waals surface area contributed by atoms with Crippen LogP contribution < -0.4 is 0 Å². The maximum Gasteiger partial charge on any atom is 0.345 e. The SMILES string of the molecule is CSc1sc(C(=O)O)cc1-c1nc(-c2ccc(Cl)c([N+](=O)[O-])c2)cs1. The van der Waals surface area contributed by atoms with Crippen LogP contribution in [0, 0.1) is 10.1 Å². The van der Waals surface area contributed by atoms with E-state index >= 15 is 0 Å². The third-order valence-corrected chi connectivity index (χ3v) is 6.72. The number of aromatic nitrogens is 1. The lowest BCUT2D eigenvalue weighted by Crippen LogP contribution is -1.90. The number of nitro benzene ring substituents is 1. The molecule has 0 aliphatic rings. The van der Waals surface area contributed by atoms with Crippen molar-refractivity contribution in [2.24, 2.45) is 0 Å². The Bertz CT molecular complexity index is 983. The van der Waals surface area contributed by atoms with Gasteiger partial charge in [-0.3, -0.25) is 10.1 Å². The number of nitro groups is 1. The number of aromatic carboxylic acids is 1. The van der Waals surface area contributed by atoms with Crippen molar-refractivity contribution in [1.82, 2.24) is 4.98 Å². The maximum atomic E-state index is 11.2. The summed E-state index contributed by atoms with van der Waals surface area (Å²) in [6.45, 7) is 0. The zero-order chi connectivity index (χ0) is 18.1. The zero-order valence-corrected chi connectivity index (χ0v) is 15.8. The molecular weight excluding hydrogens is 404 g/mol. The summed E-state index contributed by atoms with van der Waals surface area (Å²) in [4.78, 5) is 26.4. The van der Waals surface area contributed by atoms with Crippen LogP contribution in [0.15, 0.2) is 33.9 Å². The summed E-state index contributed by atoms with van der Waals surface area (Å²) in [5.74, 6) is -0.975. The highest BCUT2D eigenvalue weighted by atomic mass is 35.5. The second-order valence-electron chi connectivity index (χ2n) is 4.78. The van der Waals surface area contributed by atoms with E-state index in [-0.39, 0.29) is 15.6 Å². The molecule has 0 aliphatic carbocycles. The summed E-state index contributed by atoms with van der Waals surface area (Å²) in [7, 11) is 0. The van der Waals surface area contributed by atoms with Crippen molar-refractivity contribution >= 4 is 57.7 Å². The lowest BCUT2D eigenvalue weighted by molar-refractivity contribution is -0.384. The molecule has 0 radical (unpaired) electrons. The van der Waals surface area contributed by atoms with E-state index < -0.39 is 10.9 Å². The van der Waals surface area contributed by atoms with Gasteiger partial charge >= 0.3 is 5.97 Å². The van der Waals surface area contributed by atoms with Crippen LogP contribution in [0.2, 0.25) is 5.02 Å². The van der Waals surface area contributed by atoms with Gasteiger partial charge in [-0.25, -0.2) is 9.78 Å². The number of nitrogens with zero attached hydrogens (tertiary/aromatic N) is 2. The number of thiophene rings is 1. The smallest absolute Gasteiger partial charge is 0.345 e. The van der Waals surface area contributed by atoms with Gasteiger partial charge in [0, 0.05) is 22.6 Å². The number of carbonyl (C=O) groups is 1. The van der Waals surface area contributed by atoms with Gasteiger partial charge in [0.1, 0.15) is 14.9 Å². The maximum absolute atomic E-state index is 11.2. The second kappa shape index (κ2) is 7.12. The third kappa shape index (κ3) is 3.54. The van der Waals surface area contributed by atoms with Crippen LogP contribution >= 0.6 is 46.0 Å². The van der Waals surface area contributed by atoms with Crippen molar-refractivity contribution in [2.75, 3.05) is 6.26 Å². The molecule has 0 atom stereocenters. The molecule has 2 aromatic heterocycles. The number of thioether (sulfide) groups is 1. The van der Waals surface area contributed by atoms with Crippen LogP contribution in [-0.2, 0) is 0 Å². The summed E-state index contributed by atoms with van der Waals surface area (Å²) in [6.07, 6.45) is 1.87. The fourth-order valence-electron chi connectivity index (χ4n) is 2.12. The Hall–Kier alpha value is -1.94. The first-order chi connectivity index (χ1) is 11.9. The molecule has 0 amide bonds. The van der Waals surface area contributed by atoms with Crippen LogP contribution in [0.3, 0.4) is 0 Å². The Balaban J connectivity index is 2.03. The molecule has 0 fully saturated rings. The van der Waals surface area contributed by atoms with Gasteiger partial charge in [0.15, 0.2) is 0 Å². The molecule has 0 bridgehead atoms. The van der Waals surface area contributed by atoms with Gasteiger partial charge in [-0.2, -0.15) is 0 Å². The second-order valence-corrected chi connectivity index (χ2v) is 8.17. The molecule has 10 heteroatoms. The van der Waals surface area contributed by atoms with E-state index in [9.17, 15) is 14.9 Å². The van der Waals surface area contributed by atoms with Crippen LogP contribution in [0.1, 0.15) is 9.67 Å². The molecule has 1 N–H and O–H groups in total. The van der Waals surface area contributed by atoms with Crippen molar-refractivity contribution in [3.8, 4) is 21.8 Å². The molecule has 0 unspecified atom stereocenters. The number of carboxylic acids is 1. The fraction of sp³-hybridized carbons (Fsp3) is 0.0667. The van der Waals surface area contributed by atoms with Gasteiger partial charge in [0.2, 0.25) is 0 Å². The molecule has 1 aromatic carbocycles. The third-order valence-electron chi connectivity index (χ3n) is 3.27. The minimum Gasteiger partial charge on any atom is -0.477 e. The van der Waals surface area contributed by atoms with Crippen LogP contribution in [0.25, 0.3) is 21.8 Å². The molecule has 128 valence electrons. The summed E-state index contributed by atoms with van der Waals surface area (Å²) in [5.41, 5.74) is 1.74. The number of thiazole rings is 1. The highest BCUT2D eigenvalue weighted by Crippen LogP contribution is 2.40. The van der Waals surface area contributed by atoms with E-state index in [1.165, 1.54) is 46.6 Å². The molecule has 6 nitrogen and oxygen atoms in total. The average Bonchev–Trinajstić information content (AvgIpc) is 3.21. The predicted octanol–water partition coefficient (Wildman–Crippen LogP) is 5.52. The standard InChI is InChI=1S/C15H9ClN2O4S3/c1-23-15-8(5-12(25-15)14(19)20)13-17-10(6-24-13)7-2-3-9(16)11(4-7)18(21)22/h2-6H,1H3,(H,19,20).